The van der Waals surface area contributed by atoms with Crippen molar-refractivity contribution in [2.75, 3.05) is 0 Å². The highest BCUT2D eigenvalue weighted by Crippen LogP contribution is 2.28. The number of benzene rings is 2. The van der Waals surface area contributed by atoms with Crippen LogP contribution in [0, 0.1) is 20.8 Å². The lowest BCUT2D eigenvalue weighted by molar-refractivity contribution is 0.178. The van der Waals surface area contributed by atoms with Crippen molar-refractivity contribution in [3.05, 3.63) is 67.6 Å². The van der Waals surface area contributed by atoms with E-state index >= 15 is 0 Å². The third-order valence-electron chi connectivity index (χ3n) is 3.51. The number of hydrogen-bond acceptors (Lipinski definition) is 1. The third-order valence-corrected chi connectivity index (χ3v) is 4.18. The van der Waals surface area contributed by atoms with Crippen LogP contribution < -0.4 is 0 Å². The van der Waals surface area contributed by atoms with Crippen LogP contribution in [0.25, 0.3) is 0 Å². The first-order chi connectivity index (χ1) is 9.36. The van der Waals surface area contributed by atoms with Gasteiger partial charge in [0, 0.05) is 15.9 Å². The number of halogens is 2. The second-order valence-corrected chi connectivity index (χ2v) is 6.65. The second-order valence-electron chi connectivity index (χ2n) is 5.30. The average Bonchev–Trinajstić information content (AvgIpc) is 2.32. The van der Waals surface area contributed by atoms with Crippen molar-refractivity contribution in [2.45, 2.75) is 33.3 Å². The van der Waals surface area contributed by atoms with Gasteiger partial charge in [-0.3, -0.25) is 0 Å². The molecule has 1 nitrogen and oxygen atoms in total. The van der Waals surface area contributed by atoms with Gasteiger partial charge in [-0.2, -0.15) is 0 Å². The van der Waals surface area contributed by atoms with Crippen molar-refractivity contribution in [3.63, 3.8) is 0 Å². The van der Waals surface area contributed by atoms with E-state index in [0.29, 0.717) is 11.4 Å². The van der Waals surface area contributed by atoms with Crippen LogP contribution in [0.1, 0.15) is 33.9 Å². The van der Waals surface area contributed by atoms with Crippen molar-refractivity contribution >= 4 is 27.5 Å². The van der Waals surface area contributed by atoms with Gasteiger partial charge in [-0.15, -0.1) is 0 Å². The highest BCUT2D eigenvalue weighted by Gasteiger charge is 2.13. The van der Waals surface area contributed by atoms with Crippen LogP contribution in [-0.2, 0) is 6.42 Å². The zero-order valence-electron chi connectivity index (χ0n) is 11.9. The Hall–Kier alpha value is -0.830. The van der Waals surface area contributed by atoms with E-state index in [2.05, 4.69) is 48.8 Å². The van der Waals surface area contributed by atoms with E-state index < -0.39 is 6.10 Å². The molecular formula is C17H18BrClO. The quantitative estimate of drug-likeness (QED) is 0.793. The van der Waals surface area contributed by atoms with Crippen molar-refractivity contribution in [2.24, 2.45) is 0 Å². The Morgan fingerprint density at radius 3 is 2.20 bits per heavy atom. The molecule has 0 aliphatic rings. The van der Waals surface area contributed by atoms with Gasteiger partial charge in [0.15, 0.2) is 0 Å². The maximum atomic E-state index is 10.5. The van der Waals surface area contributed by atoms with Crippen molar-refractivity contribution in [1.82, 2.24) is 0 Å². The standard InChI is InChI=1S/C17H18BrClO/c1-10-4-11(2)16(12(3)5-10)9-17(20)13-6-14(18)8-15(19)7-13/h4-8,17,20H,9H2,1-3H3. The van der Waals surface area contributed by atoms with Gasteiger partial charge in [0.2, 0.25) is 0 Å². The van der Waals surface area contributed by atoms with Gasteiger partial charge in [-0.1, -0.05) is 45.2 Å². The summed E-state index contributed by atoms with van der Waals surface area (Å²) in [6.45, 7) is 6.28. The van der Waals surface area contributed by atoms with Crippen molar-refractivity contribution < 1.29 is 5.11 Å². The Labute approximate surface area is 133 Å². The summed E-state index contributed by atoms with van der Waals surface area (Å²) >= 11 is 9.45. The van der Waals surface area contributed by atoms with Gasteiger partial charge >= 0.3 is 0 Å². The number of hydrogen-bond donors (Lipinski definition) is 1. The van der Waals surface area contributed by atoms with Crippen molar-refractivity contribution in [3.8, 4) is 0 Å². The Morgan fingerprint density at radius 2 is 1.65 bits per heavy atom. The molecule has 0 heterocycles. The fourth-order valence-corrected chi connectivity index (χ4v) is 3.50. The van der Waals surface area contributed by atoms with Crippen molar-refractivity contribution in [1.29, 1.82) is 0 Å². The van der Waals surface area contributed by atoms with E-state index in [1.165, 1.54) is 22.3 Å². The number of rotatable bonds is 3. The molecule has 0 saturated carbocycles. The van der Waals surface area contributed by atoms with E-state index in [4.69, 9.17) is 11.6 Å². The van der Waals surface area contributed by atoms with Gasteiger partial charge in [-0.25, -0.2) is 0 Å². The first kappa shape index (κ1) is 15.6. The molecule has 0 fully saturated rings. The van der Waals surface area contributed by atoms with Crippen LogP contribution >= 0.6 is 27.5 Å². The number of aryl methyl sites for hydroxylation is 3. The summed E-state index contributed by atoms with van der Waals surface area (Å²) in [7, 11) is 0. The van der Waals surface area contributed by atoms with E-state index in [1.54, 1.807) is 0 Å². The molecule has 3 heteroatoms. The summed E-state index contributed by atoms with van der Waals surface area (Å²) in [5, 5.41) is 11.1. The molecule has 2 rings (SSSR count). The predicted octanol–water partition coefficient (Wildman–Crippen LogP) is 5.30. The summed E-state index contributed by atoms with van der Waals surface area (Å²) in [5.41, 5.74) is 5.75. The summed E-state index contributed by atoms with van der Waals surface area (Å²) in [5.74, 6) is 0. The van der Waals surface area contributed by atoms with Gasteiger partial charge in [0.1, 0.15) is 0 Å². The lowest BCUT2D eigenvalue weighted by Crippen LogP contribution is -2.05. The summed E-state index contributed by atoms with van der Waals surface area (Å²) in [6, 6.07) is 9.86. The molecule has 0 spiro atoms. The van der Waals surface area contributed by atoms with Crippen LogP contribution in [0.5, 0.6) is 0 Å². The third kappa shape index (κ3) is 3.63. The lowest BCUT2D eigenvalue weighted by Gasteiger charge is -2.16. The van der Waals surface area contributed by atoms with E-state index in [9.17, 15) is 5.11 Å². The number of aliphatic hydroxyl groups is 1. The molecule has 2 aromatic carbocycles. The first-order valence-corrected chi connectivity index (χ1v) is 7.74. The molecule has 2 aromatic rings. The second kappa shape index (κ2) is 6.30. The molecule has 0 aliphatic carbocycles. The Bertz CT molecular complexity index is 594. The summed E-state index contributed by atoms with van der Waals surface area (Å²) in [4.78, 5) is 0. The minimum Gasteiger partial charge on any atom is -0.388 e. The summed E-state index contributed by atoms with van der Waals surface area (Å²) < 4.78 is 0.886. The molecule has 0 bridgehead atoms. The molecule has 1 N–H and O–H groups in total. The smallest absolute Gasteiger partial charge is 0.0831 e. The number of aliphatic hydroxyl groups excluding tert-OH is 1. The molecule has 0 radical (unpaired) electrons. The molecule has 0 aliphatic heterocycles. The first-order valence-electron chi connectivity index (χ1n) is 6.57. The average molecular weight is 354 g/mol. The minimum absolute atomic E-state index is 0.551. The van der Waals surface area contributed by atoms with Crippen LogP contribution in [0.4, 0.5) is 0 Å². The van der Waals surface area contributed by atoms with E-state index in [-0.39, 0.29) is 0 Å². The molecule has 1 atom stereocenters. The maximum absolute atomic E-state index is 10.5. The fraction of sp³-hybridized carbons (Fsp3) is 0.294. The maximum Gasteiger partial charge on any atom is 0.0831 e. The Balaban J connectivity index is 2.30. The SMILES string of the molecule is Cc1cc(C)c(CC(O)c2cc(Cl)cc(Br)c2)c(C)c1. The Morgan fingerprint density at radius 1 is 1.05 bits per heavy atom. The molecule has 0 saturated heterocycles. The Kier molecular flexibility index (Phi) is 4.90. The highest BCUT2D eigenvalue weighted by molar-refractivity contribution is 9.10. The topological polar surface area (TPSA) is 20.2 Å². The fourth-order valence-electron chi connectivity index (χ4n) is 2.61. The van der Waals surface area contributed by atoms with Crippen LogP contribution in [0.3, 0.4) is 0 Å². The molecule has 0 aromatic heterocycles. The highest BCUT2D eigenvalue weighted by atomic mass is 79.9. The zero-order valence-corrected chi connectivity index (χ0v) is 14.2. The van der Waals surface area contributed by atoms with Crippen LogP contribution in [0.15, 0.2) is 34.8 Å². The van der Waals surface area contributed by atoms with E-state index in [1.807, 2.05) is 18.2 Å². The van der Waals surface area contributed by atoms with Gasteiger partial charge < -0.3 is 5.11 Å². The minimum atomic E-state index is -0.551. The van der Waals surface area contributed by atoms with Gasteiger partial charge in [-0.05, 0) is 61.2 Å². The van der Waals surface area contributed by atoms with Crippen LogP contribution in [0.2, 0.25) is 5.02 Å². The van der Waals surface area contributed by atoms with Gasteiger partial charge in [0.05, 0.1) is 6.10 Å². The molecule has 106 valence electrons. The molecule has 0 amide bonds. The van der Waals surface area contributed by atoms with E-state index in [0.717, 1.165) is 10.0 Å². The lowest BCUT2D eigenvalue weighted by atomic mass is 9.93. The monoisotopic (exact) mass is 352 g/mol. The van der Waals surface area contributed by atoms with Crippen LogP contribution in [-0.4, -0.2) is 5.11 Å². The zero-order chi connectivity index (χ0) is 14.9. The molecule has 20 heavy (non-hydrogen) atoms. The predicted molar refractivity (Wildman–Crippen MR) is 88.5 cm³/mol. The largest absolute Gasteiger partial charge is 0.388 e. The van der Waals surface area contributed by atoms with Gasteiger partial charge in [0.25, 0.3) is 0 Å². The molecular weight excluding hydrogens is 336 g/mol. The summed E-state index contributed by atoms with van der Waals surface area (Å²) in [6.07, 6.45) is 0.0511. The normalized spacial score (nSPS) is 12.5. The molecule has 1 unspecified atom stereocenters.